The zero-order valence-corrected chi connectivity index (χ0v) is 16.5. The summed E-state index contributed by atoms with van der Waals surface area (Å²) >= 11 is 0. The van der Waals surface area contributed by atoms with Crippen molar-refractivity contribution in [2.75, 3.05) is 0 Å². The topological polar surface area (TPSA) is 40.1 Å². The van der Waals surface area contributed by atoms with Gasteiger partial charge in [-0.2, -0.15) is 0 Å². The van der Waals surface area contributed by atoms with Crippen LogP contribution in [0.1, 0.15) is 111 Å². The van der Waals surface area contributed by atoms with Crippen LogP contribution in [-0.4, -0.2) is 5.97 Å². The van der Waals surface area contributed by atoms with Crippen LogP contribution in [0, 0.1) is 11.8 Å². The van der Waals surface area contributed by atoms with E-state index in [4.69, 9.17) is 0 Å². The zero-order valence-electron chi connectivity index (χ0n) is 16.5. The number of allylic oxidation sites excluding steroid dienone is 2. The van der Waals surface area contributed by atoms with Crippen molar-refractivity contribution in [2.45, 2.75) is 111 Å². The number of unbranched alkanes of at least 4 members (excludes halogenated alkanes) is 10. The summed E-state index contributed by atoms with van der Waals surface area (Å²) in [5, 5.41) is 10.7. The number of carboxylic acids is 1. The standard InChI is InChI=1S/C22H42O2/c1-4-5-6-7-8-9-10-11-12-13-14-15-16-17-18-20(2)19-21(3)22(23)24/h11-12,20-21H,4-10,13-19H2,1-3H3,(H,23,24)/p-1/b12-11+. The summed E-state index contributed by atoms with van der Waals surface area (Å²) in [5.41, 5.74) is 0. The second kappa shape index (κ2) is 17.0. The summed E-state index contributed by atoms with van der Waals surface area (Å²) < 4.78 is 0. The molecule has 2 nitrogen and oxygen atoms in total. The van der Waals surface area contributed by atoms with Gasteiger partial charge in [0.05, 0.1) is 0 Å². The molecular formula is C22H41O2-. The van der Waals surface area contributed by atoms with Gasteiger partial charge < -0.3 is 9.90 Å². The smallest absolute Gasteiger partial charge is 0.0442 e. The molecule has 0 saturated carbocycles. The van der Waals surface area contributed by atoms with Gasteiger partial charge in [-0.1, -0.05) is 90.7 Å². The van der Waals surface area contributed by atoms with E-state index in [0.29, 0.717) is 5.92 Å². The van der Waals surface area contributed by atoms with E-state index in [9.17, 15) is 9.90 Å². The maximum atomic E-state index is 10.7. The molecule has 0 heterocycles. The molecule has 0 bridgehead atoms. The zero-order chi connectivity index (χ0) is 18.0. The molecule has 142 valence electrons. The number of carboxylic acid groups (broad SMARTS) is 1. The van der Waals surface area contributed by atoms with Crippen molar-refractivity contribution < 1.29 is 9.90 Å². The molecule has 0 aromatic carbocycles. The molecule has 0 aliphatic heterocycles. The Morgan fingerprint density at radius 1 is 0.833 bits per heavy atom. The van der Waals surface area contributed by atoms with E-state index in [1.54, 1.807) is 6.92 Å². The maximum Gasteiger partial charge on any atom is 0.0442 e. The Kier molecular flexibility index (Phi) is 16.5. The monoisotopic (exact) mass is 337 g/mol. The molecule has 2 heteroatoms. The van der Waals surface area contributed by atoms with Gasteiger partial charge in [0.25, 0.3) is 0 Å². The molecule has 0 fully saturated rings. The summed E-state index contributed by atoms with van der Waals surface area (Å²) in [4.78, 5) is 10.7. The average Bonchev–Trinajstić information content (AvgIpc) is 2.55. The molecule has 0 aromatic rings. The Morgan fingerprint density at radius 3 is 1.88 bits per heavy atom. The molecule has 0 aliphatic rings. The van der Waals surface area contributed by atoms with Gasteiger partial charge in [0.1, 0.15) is 0 Å². The van der Waals surface area contributed by atoms with Gasteiger partial charge in [0.15, 0.2) is 0 Å². The first-order chi connectivity index (χ1) is 11.6. The third kappa shape index (κ3) is 16.1. The highest BCUT2D eigenvalue weighted by atomic mass is 16.4. The second-order valence-corrected chi connectivity index (χ2v) is 7.58. The third-order valence-electron chi connectivity index (χ3n) is 4.87. The number of rotatable bonds is 17. The van der Waals surface area contributed by atoms with Crippen LogP contribution in [0.3, 0.4) is 0 Å². The Morgan fingerprint density at radius 2 is 1.33 bits per heavy atom. The van der Waals surface area contributed by atoms with Crippen LogP contribution in [0.15, 0.2) is 12.2 Å². The van der Waals surface area contributed by atoms with Gasteiger partial charge in [0, 0.05) is 5.97 Å². The summed E-state index contributed by atoms with van der Waals surface area (Å²) in [6.45, 7) is 6.18. The normalized spacial score (nSPS) is 14.1. The fourth-order valence-electron chi connectivity index (χ4n) is 3.20. The first kappa shape index (κ1) is 23.2. The van der Waals surface area contributed by atoms with Crippen LogP contribution in [0.2, 0.25) is 0 Å². The Hall–Kier alpha value is -0.790. The predicted molar refractivity (Wildman–Crippen MR) is 103 cm³/mol. The van der Waals surface area contributed by atoms with E-state index in [1.165, 1.54) is 77.0 Å². The van der Waals surface area contributed by atoms with Gasteiger partial charge in [-0.05, 0) is 43.9 Å². The first-order valence-electron chi connectivity index (χ1n) is 10.4. The second-order valence-electron chi connectivity index (χ2n) is 7.58. The van der Waals surface area contributed by atoms with Crippen molar-refractivity contribution in [3.05, 3.63) is 12.2 Å². The van der Waals surface area contributed by atoms with Crippen molar-refractivity contribution in [1.82, 2.24) is 0 Å². The molecular weight excluding hydrogens is 296 g/mol. The van der Waals surface area contributed by atoms with E-state index >= 15 is 0 Å². The van der Waals surface area contributed by atoms with E-state index in [-0.39, 0.29) is 5.92 Å². The summed E-state index contributed by atoms with van der Waals surface area (Å²) in [6.07, 6.45) is 22.4. The lowest BCUT2D eigenvalue weighted by Gasteiger charge is -2.17. The lowest BCUT2D eigenvalue weighted by Crippen LogP contribution is -2.30. The molecule has 2 atom stereocenters. The van der Waals surface area contributed by atoms with E-state index < -0.39 is 5.97 Å². The number of carbonyl (C=O) groups is 1. The fourth-order valence-corrected chi connectivity index (χ4v) is 3.20. The number of aliphatic carboxylic acids is 1. The van der Waals surface area contributed by atoms with E-state index in [1.807, 2.05) is 0 Å². The first-order valence-corrected chi connectivity index (χ1v) is 10.4. The highest BCUT2D eigenvalue weighted by Crippen LogP contribution is 2.18. The van der Waals surface area contributed by atoms with Gasteiger partial charge in [0.2, 0.25) is 0 Å². The van der Waals surface area contributed by atoms with E-state index in [2.05, 4.69) is 26.0 Å². The largest absolute Gasteiger partial charge is 0.550 e. The van der Waals surface area contributed by atoms with Crippen molar-refractivity contribution >= 4 is 5.97 Å². The molecule has 0 rings (SSSR count). The minimum Gasteiger partial charge on any atom is -0.550 e. The lowest BCUT2D eigenvalue weighted by atomic mass is 9.92. The highest BCUT2D eigenvalue weighted by Gasteiger charge is 2.09. The Balaban J connectivity index is 3.29. The van der Waals surface area contributed by atoms with Crippen molar-refractivity contribution in [1.29, 1.82) is 0 Å². The van der Waals surface area contributed by atoms with Crippen molar-refractivity contribution in [2.24, 2.45) is 11.8 Å². The molecule has 0 aromatic heterocycles. The van der Waals surface area contributed by atoms with Crippen molar-refractivity contribution in [3.63, 3.8) is 0 Å². The Bertz CT molecular complexity index is 309. The number of hydrogen-bond acceptors (Lipinski definition) is 2. The molecule has 0 amide bonds. The van der Waals surface area contributed by atoms with Crippen LogP contribution >= 0.6 is 0 Å². The summed E-state index contributed by atoms with van der Waals surface area (Å²) in [5.74, 6) is -0.721. The van der Waals surface area contributed by atoms with Gasteiger partial charge in [-0.3, -0.25) is 0 Å². The highest BCUT2D eigenvalue weighted by molar-refractivity contribution is 5.66. The maximum absolute atomic E-state index is 10.7. The SMILES string of the molecule is CCCCCCCC/C=C/CCCCCCC(C)CC(C)C(=O)[O-]. The molecule has 2 unspecified atom stereocenters. The van der Waals surface area contributed by atoms with Crippen LogP contribution in [0.25, 0.3) is 0 Å². The molecule has 0 spiro atoms. The molecule has 0 aliphatic carbocycles. The minimum atomic E-state index is -0.908. The van der Waals surface area contributed by atoms with Crippen molar-refractivity contribution in [3.8, 4) is 0 Å². The molecule has 0 radical (unpaired) electrons. The molecule has 0 saturated heterocycles. The summed E-state index contributed by atoms with van der Waals surface area (Å²) in [6, 6.07) is 0. The van der Waals surface area contributed by atoms with Gasteiger partial charge >= 0.3 is 0 Å². The number of carbonyl (C=O) groups excluding carboxylic acids is 1. The summed E-state index contributed by atoms with van der Waals surface area (Å²) in [7, 11) is 0. The predicted octanol–water partition coefficient (Wildman–Crippen LogP) is 6.05. The molecule has 24 heavy (non-hydrogen) atoms. The quantitative estimate of drug-likeness (QED) is 0.239. The molecule has 0 N–H and O–H groups in total. The third-order valence-corrected chi connectivity index (χ3v) is 4.87. The minimum absolute atomic E-state index is 0.309. The Labute approximate surface area is 151 Å². The van der Waals surface area contributed by atoms with Gasteiger partial charge in [-0.15, -0.1) is 0 Å². The van der Waals surface area contributed by atoms with Crippen LogP contribution in [-0.2, 0) is 4.79 Å². The fraction of sp³-hybridized carbons (Fsp3) is 0.864. The number of hydrogen-bond donors (Lipinski definition) is 0. The average molecular weight is 338 g/mol. The van der Waals surface area contributed by atoms with Crippen LogP contribution < -0.4 is 5.11 Å². The van der Waals surface area contributed by atoms with Crippen LogP contribution in [0.5, 0.6) is 0 Å². The van der Waals surface area contributed by atoms with Gasteiger partial charge in [-0.25, -0.2) is 0 Å². The lowest BCUT2D eigenvalue weighted by molar-refractivity contribution is -0.311. The van der Waals surface area contributed by atoms with Crippen LogP contribution in [0.4, 0.5) is 0 Å². The van der Waals surface area contributed by atoms with E-state index in [0.717, 1.165) is 12.8 Å².